The fourth-order valence-corrected chi connectivity index (χ4v) is 3.84. The number of piperazine rings is 1. The van der Waals surface area contributed by atoms with Gasteiger partial charge in [0.2, 0.25) is 0 Å². The van der Waals surface area contributed by atoms with Crippen LogP contribution in [0.25, 0.3) is 0 Å². The highest BCUT2D eigenvalue weighted by atomic mass is 32.1. The monoisotopic (exact) mass is 344 g/mol. The average Bonchev–Trinajstić information content (AvgIpc) is 2.87. The topological polar surface area (TPSA) is 62.5 Å². The first kappa shape index (κ1) is 16.9. The lowest BCUT2D eigenvalue weighted by atomic mass is 10.1. The van der Waals surface area contributed by atoms with Crippen LogP contribution in [-0.4, -0.2) is 46.9 Å². The molecular weight excluding hydrogens is 320 g/mol. The first-order valence-electron chi connectivity index (χ1n) is 8.24. The number of benzene rings is 1. The summed E-state index contributed by atoms with van der Waals surface area (Å²) >= 11 is 1.56. The third-order valence-corrected chi connectivity index (χ3v) is 5.66. The summed E-state index contributed by atoms with van der Waals surface area (Å²) in [5, 5.41) is 0.631. The zero-order valence-electron chi connectivity index (χ0n) is 14.5. The first-order valence-corrected chi connectivity index (χ1v) is 9.06. The quantitative estimate of drug-likeness (QED) is 0.930. The number of nitrogen functional groups attached to an aromatic ring is 1. The Morgan fingerprint density at radius 3 is 2.46 bits per heavy atom. The molecule has 1 saturated heterocycles. The number of nitrogens with two attached hydrogens (primary N) is 1. The fraction of sp³-hybridized carbons (Fsp3) is 0.444. The molecule has 0 saturated carbocycles. The molecule has 1 aliphatic rings. The third-order valence-electron chi connectivity index (χ3n) is 4.69. The normalized spacial score (nSPS) is 15.7. The highest BCUT2D eigenvalue weighted by Gasteiger charge is 2.23. The second kappa shape index (κ2) is 6.91. The minimum absolute atomic E-state index is 0.135. The van der Waals surface area contributed by atoms with Gasteiger partial charge in [0, 0.05) is 43.2 Å². The molecule has 0 atom stereocenters. The summed E-state index contributed by atoms with van der Waals surface area (Å²) in [5.74, 6) is 0.135. The van der Waals surface area contributed by atoms with Gasteiger partial charge in [-0.25, -0.2) is 4.98 Å². The summed E-state index contributed by atoms with van der Waals surface area (Å²) < 4.78 is 0. The summed E-state index contributed by atoms with van der Waals surface area (Å²) in [7, 11) is 0. The Balaban J connectivity index is 1.59. The Morgan fingerprint density at radius 1 is 1.17 bits per heavy atom. The highest BCUT2D eigenvalue weighted by molar-refractivity contribution is 7.15. The lowest BCUT2D eigenvalue weighted by Gasteiger charge is -2.34. The van der Waals surface area contributed by atoms with E-state index in [1.165, 1.54) is 10.4 Å². The molecule has 24 heavy (non-hydrogen) atoms. The Hall–Kier alpha value is -1.92. The molecule has 0 unspecified atom stereocenters. The van der Waals surface area contributed by atoms with Crippen molar-refractivity contribution in [2.45, 2.75) is 27.3 Å². The van der Waals surface area contributed by atoms with E-state index in [-0.39, 0.29) is 5.91 Å². The highest BCUT2D eigenvalue weighted by Crippen LogP contribution is 2.22. The molecule has 2 heterocycles. The molecule has 6 heteroatoms. The lowest BCUT2D eigenvalue weighted by molar-refractivity contribution is 0.0629. The predicted molar refractivity (Wildman–Crippen MR) is 98.4 cm³/mol. The molecule has 1 aromatic heterocycles. The van der Waals surface area contributed by atoms with Gasteiger partial charge < -0.3 is 10.6 Å². The molecule has 1 fully saturated rings. The fourth-order valence-electron chi connectivity index (χ4n) is 2.97. The number of amides is 1. The van der Waals surface area contributed by atoms with E-state index in [1.807, 2.05) is 36.9 Å². The van der Waals surface area contributed by atoms with Crippen molar-refractivity contribution in [1.29, 1.82) is 0 Å². The first-order chi connectivity index (χ1) is 11.4. The van der Waals surface area contributed by atoms with E-state index in [9.17, 15) is 4.79 Å². The molecule has 1 aliphatic heterocycles. The number of nitrogens with zero attached hydrogens (tertiary/aromatic N) is 3. The van der Waals surface area contributed by atoms with Gasteiger partial charge in [0.25, 0.3) is 5.91 Å². The number of anilines is 1. The third kappa shape index (κ3) is 3.60. The smallest absolute Gasteiger partial charge is 0.253 e. The van der Waals surface area contributed by atoms with Crippen LogP contribution >= 0.6 is 11.3 Å². The van der Waals surface area contributed by atoms with Crippen LogP contribution in [0.5, 0.6) is 0 Å². The minimum atomic E-state index is 0.135. The van der Waals surface area contributed by atoms with Gasteiger partial charge in [-0.05, 0) is 44.0 Å². The van der Waals surface area contributed by atoms with E-state index in [0.29, 0.717) is 5.13 Å². The number of carbonyl (C=O) groups excluding carboxylic acids is 1. The number of thiazole rings is 1. The van der Waals surface area contributed by atoms with Crippen molar-refractivity contribution in [2.24, 2.45) is 0 Å². The molecule has 0 bridgehead atoms. The van der Waals surface area contributed by atoms with E-state index in [2.05, 4.69) is 16.8 Å². The zero-order valence-corrected chi connectivity index (χ0v) is 15.3. The van der Waals surface area contributed by atoms with Crippen molar-refractivity contribution < 1.29 is 4.79 Å². The number of carbonyl (C=O) groups is 1. The second-order valence-corrected chi connectivity index (χ2v) is 7.54. The van der Waals surface area contributed by atoms with Crippen LogP contribution in [0.1, 0.15) is 32.1 Å². The standard InChI is InChI=1S/C18H24N4OS/c1-12-4-5-15(10-13(12)2)17(23)22-8-6-21(7-9-22)11-16-14(3)20-18(19)24-16/h4-5,10H,6-9,11H2,1-3H3,(H2,19,20). The summed E-state index contributed by atoms with van der Waals surface area (Å²) in [6.07, 6.45) is 0. The second-order valence-electron chi connectivity index (χ2n) is 6.43. The molecule has 1 aromatic carbocycles. The van der Waals surface area contributed by atoms with Crippen LogP contribution in [-0.2, 0) is 6.54 Å². The van der Waals surface area contributed by atoms with Gasteiger partial charge in [0.15, 0.2) is 5.13 Å². The summed E-state index contributed by atoms with van der Waals surface area (Å²) in [4.78, 5) is 22.5. The van der Waals surface area contributed by atoms with Crippen molar-refractivity contribution in [3.63, 3.8) is 0 Å². The van der Waals surface area contributed by atoms with Crippen LogP contribution in [0.2, 0.25) is 0 Å². The Bertz CT molecular complexity index is 747. The number of hydrogen-bond acceptors (Lipinski definition) is 5. The maximum atomic E-state index is 12.7. The van der Waals surface area contributed by atoms with Gasteiger partial charge >= 0.3 is 0 Å². The molecule has 5 nitrogen and oxygen atoms in total. The van der Waals surface area contributed by atoms with Gasteiger partial charge in [-0.2, -0.15) is 0 Å². The Labute approximate surface area is 147 Å². The van der Waals surface area contributed by atoms with Gasteiger partial charge in [0.1, 0.15) is 0 Å². The van der Waals surface area contributed by atoms with Crippen molar-refractivity contribution in [1.82, 2.24) is 14.8 Å². The van der Waals surface area contributed by atoms with Crippen molar-refractivity contribution in [3.8, 4) is 0 Å². The average molecular weight is 344 g/mol. The van der Waals surface area contributed by atoms with Gasteiger partial charge in [0.05, 0.1) is 5.69 Å². The van der Waals surface area contributed by atoms with E-state index in [4.69, 9.17) is 5.73 Å². The molecule has 0 radical (unpaired) electrons. The van der Waals surface area contributed by atoms with Crippen LogP contribution in [0, 0.1) is 20.8 Å². The van der Waals surface area contributed by atoms with Crippen LogP contribution < -0.4 is 5.73 Å². The summed E-state index contributed by atoms with van der Waals surface area (Å²) in [6, 6.07) is 5.95. The summed E-state index contributed by atoms with van der Waals surface area (Å²) in [5.41, 5.74) is 9.96. The molecule has 0 aliphatic carbocycles. The van der Waals surface area contributed by atoms with Crippen molar-refractivity contribution in [2.75, 3.05) is 31.9 Å². The zero-order chi connectivity index (χ0) is 17.3. The minimum Gasteiger partial charge on any atom is -0.375 e. The Kier molecular flexibility index (Phi) is 4.87. The molecule has 0 spiro atoms. The van der Waals surface area contributed by atoms with Crippen molar-refractivity contribution in [3.05, 3.63) is 45.5 Å². The number of rotatable bonds is 3. The van der Waals surface area contributed by atoms with Gasteiger partial charge in [-0.1, -0.05) is 6.07 Å². The van der Waals surface area contributed by atoms with Crippen LogP contribution in [0.4, 0.5) is 5.13 Å². The molecule has 2 aromatic rings. The van der Waals surface area contributed by atoms with E-state index >= 15 is 0 Å². The molecule has 3 rings (SSSR count). The molecular formula is C18H24N4OS. The molecule has 1 amide bonds. The van der Waals surface area contributed by atoms with E-state index in [0.717, 1.165) is 49.5 Å². The van der Waals surface area contributed by atoms with E-state index < -0.39 is 0 Å². The lowest BCUT2D eigenvalue weighted by Crippen LogP contribution is -2.48. The SMILES string of the molecule is Cc1ccc(C(=O)N2CCN(Cc3sc(N)nc3C)CC2)cc1C. The van der Waals surface area contributed by atoms with Gasteiger partial charge in [-0.15, -0.1) is 11.3 Å². The van der Waals surface area contributed by atoms with E-state index in [1.54, 1.807) is 11.3 Å². The van der Waals surface area contributed by atoms with Gasteiger partial charge in [-0.3, -0.25) is 9.69 Å². The van der Waals surface area contributed by atoms with Crippen molar-refractivity contribution >= 4 is 22.4 Å². The number of aryl methyl sites for hydroxylation is 3. The number of hydrogen-bond donors (Lipinski definition) is 1. The summed E-state index contributed by atoms with van der Waals surface area (Å²) in [6.45, 7) is 10.3. The van der Waals surface area contributed by atoms with Crippen LogP contribution in [0.3, 0.4) is 0 Å². The number of aromatic nitrogens is 1. The maximum Gasteiger partial charge on any atom is 0.253 e. The largest absolute Gasteiger partial charge is 0.375 e. The Morgan fingerprint density at radius 2 is 1.88 bits per heavy atom. The molecule has 128 valence electrons. The predicted octanol–water partition coefficient (Wildman–Crippen LogP) is 2.61. The van der Waals surface area contributed by atoms with Crippen LogP contribution in [0.15, 0.2) is 18.2 Å². The molecule has 2 N–H and O–H groups in total. The maximum absolute atomic E-state index is 12.7.